The second-order valence-corrected chi connectivity index (χ2v) is 11.4. The predicted octanol–water partition coefficient (Wildman–Crippen LogP) is 5.45. The maximum atomic E-state index is 13.0. The average Bonchev–Trinajstić information content (AvgIpc) is 3.05. The molecule has 0 bridgehead atoms. The number of carbonyl (C=O) groups is 2. The first-order valence-electron chi connectivity index (χ1n) is 14.0. The summed E-state index contributed by atoms with van der Waals surface area (Å²) in [6.45, 7) is 14.3. The van der Waals surface area contributed by atoms with Crippen LogP contribution in [0.15, 0.2) is 30.3 Å². The Kier molecular flexibility index (Phi) is 10.7. The van der Waals surface area contributed by atoms with E-state index in [0.29, 0.717) is 24.9 Å². The first-order chi connectivity index (χ1) is 17.8. The lowest BCUT2D eigenvalue weighted by atomic mass is 9.95. The van der Waals surface area contributed by atoms with Gasteiger partial charge in [-0.05, 0) is 44.4 Å². The van der Waals surface area contributed by atoms with E-state index < -0.39 is 0 Å². The highest BCUT2D eigenvalue weighted by atomic mass is 35.5. The molecule has 0 N–H and O–H groups in total. The largest absolute Gasteiger partial charge is 0.354 e. The molecule has 0 saturated carbocycles. The highest BCUT2D eigenvalue weighted by Gasteiger charge is 2.25. The number of ketones is 1. The molecule has 8 heteroatoms. The standard InChI is InChI=1S/C30H43N5O2.ClH/c1-5-11-23-22-27(32-29(31-23)30(2,3)4)34-20-18-33(19-21-34)16-9-8-15-28(37)35-17-10-14-26(36)24-12-6-7-13-25(24)35;/h6-7,12-13,22H,5,8-11,14-21H2,1-4H3;1H. The lowest BCUT2D eigenvalue weighted by Gasteiger charge is -2.36. The SMILES string of the molecule is CCCc1cc(N2CCN(CCCCC(=O)N3CCCC(=O)c4ccccc43)CC2)nc(C(C)(C)C)n1.Cl. The van der Waals surface area contributed by atoms with E-state index >= 15 is 0 Å². The van der Waals surface area contributed by atoms with Gasteiger partial charge in [-0.25, -0.2) is 9.97 Å². The molecule has 2 aliphatic rings. The van der Waals surface area contributed by atoms with E-state index in [2.05, 4.69) is 43.6 Å². The van der Waals surface area contributed by atoms with Crippen molar-refractivity contribution in [2.75, 3.05) is 49.1 Å². The summed E-state index contributed by atoms with van der Waals surface area (Å²) in [5.41, 5.74) is 2.54. The molecule has 2 aliphatic heterocycles. The van der Waals surface area contributed by atoms with Crippen LogP contribution in [0.25, 0.3) is 0 Å². The first-order valence-corrected chi connectivity index (χ1v) is 14.0. The van der Waals surface area contributed by atoms with Gasteiger partial charge < -0.3 is 9.80 Å². The molecule has 208 valence electrons. The zero-order valence-electron chi connectivity index (χ0n) is 23.5. The van der Waals surface area contributed by atoms with E-state index in [1.165, 1.54) is 0 Å². The van der Waals surface area contributed by atoms with Crippen molar-refractivity contribution in [3.8, 4) is 0 Å². The maximum Gasteiger partial charge on any atom is 0.226 e. The number of piperazine rings is 1. The highest BCUT2D eigenvalue weighted by molar-refractivity contribution is 6.06. The number of rotatable bonds is 8. The molecule has 7 nitrogen and oxygen atoms in total. The van der Waals surface area contributed by atoms with Crippen LogP contribution in [0.3, 0.4) is 0 Å². The minimum Gasteiger partial charge on any atom is -0.354 e. The van der Waals surface area contributed by atoms with Crippen molar-refractivity contribution in [3.63, 3.8) is 0 Å². The molecule has 2 aromatic rings. The summed E-state index contributed by atoms with van der Waals surface area (Å²) >= 11 is 0. The van der Waals surface area contributed by atoms with E-state index in [-0.39, 0.29) is 29.5 Å². The molecule has 0 radical (unpaired) electrons. The summed E-state index contributed by atoms with van der Waals surface area (Å²) < 4.78 is 0. The Morgan fingerprint density at radius 1 is 1.00 bits per heavy atom. The lowest BCUT2D eigenvalue weighted by molar-refractivity contribution is -0.118. The van der Waals surface area contributed by atoms with Crippen LogP contribution in [-0.4, -0.2) is 65.8 Å². The van der Waals surface area contributed by atoms with Crippen LogP contribution in [0.1, 0.15) is 88.1 Å². The number of aromatic nitrogens is 2. The number of hydrogen-bond donors (Lipinski definition) is 0. The highest BCUT2D eigenvalue weighted by Crippen LogP contribution is 2.27. The summed E-state index contributed by atoms with van der Waals surface area (Å²) in [6.07, 6.45) is 5.70. The fraction of sp³-hybridized carbons (Fsp3) is 0.600. The molecule has 1 amide bonds. The van der Waals surface area contributed by atoms with Crippen molar-refractivity contribution in [1.29, 1.82) is 0 Å². The molecule has 4 rings (SSSR count). The second kappa shape index (κ2) is 13.5. The van der Waals surface area contributed by atoms with Gasteiger partial charge >= 0.3 is 0 Å². The van der Waals surface area contributed by atoms with Crippen LogP contribution in [0.4, 0.5) is 11.5 Å². The number of Topliss-reactive ketones (excluding diaryl/α,β-unsaturated/α-hetero) is 1. The van der Waals surface area contributed by atoms with Crippen molar-refractivity contribution in [1.82, 2.24) is 14.9 Å². The molecule has 38 heavy (non-hydrogen) atoms. The number of hydrogen-bond acceptors (Lipinski definition) is 6. The lowest BCUT2D eigenvalue weighted by Crippen LogP contribution is -2.47. The number of halogens is 1. The molecular formula is C30H44ClN5O2. The van der Waals surface area contributed by atoms with Crippen molar-refractivity contribution < 1.29 is 9.59 Å². The summed E-state index contributed by atoms with van der Waals surface area (Å²) in [5, 5.41) is 0. The van der Waals surface area contributed by atoms with E-state index in [4.69, 9.17) is 9.97 Å². The van der Waals surface area contributed by atoms with Crippen molar-refractivity contribution in [2.24, 2.45) is 0 Å². The molecule has 1 aromatic heterocycles. The predicted molar refractivity (Wildman–Crippen MR) is 157 cm³/mol. The Hall–Kier alpha value is -2.51. The van der Waals surface area contributed by atoms with Crippen LogP contribution >= 0.6 is 12.4 Å². The third-order valence-corrected chi connectivity index (χ3v) is 7.34. The van der Waals surface area contributed by atoms with Crippen LogP contribution in [-0.2, 0) is 16.6 Å². The van der Waals surface area contributed by atoms with Gasteiger partial charge in [-0.1, -0.05) is 46.2 Å². The number of fused-ring (bicyclic) bond motifs is 1. The molecule has 3 heterocycles. The van der Waals surface area contributed by atoms with Crippen LogP contribution in [0.5, 0.6) is 0 Å². The van der Waals surface area contributed by atoms with Gasteiger partial charge in [0.2, 0.25) is 5.91 Å². The van der Waals surface area contributed by atoms with Gasteiger partial charge in [-0.3, -0.25) is 14.5 Å². The average molecular weight is 542 g/mol. The summed E-state index contributed by atoms with van der Waals surface area (Å²) in [7, 11) is 0. The number of amides is 1. The van der Waals surface area contributed by atoms with Gasteiger partial charge in [0.1, 0.15) is 11.6 Å². The summed E-state index contributed by atoms with van der Waals surface area (Å²) in [4.78, 5) is 41.9. The zero-order chi connectivity index (χ0) is 26.4. The Morgan fingerprint density at radius 2 is 1.74 bits per heavy atom. The summed E-state index contributed by atoms with van der Waals surface area (Å²) in [6, 6.07) is 9.72. The van der Waals surface area contributed by atoms with Gasteiger partial charge in [0.25, 0.3) is 0 Å². The Labute approximate surface area is 234 Å². The zero-order valence-corrected chi connectivity index (χ0v) is 24.4. The minimum atomic E-state index is -0.0668. The van der Waals surface area contributed by atoms with Crippen molar-refractivity contribution in [2.45, 2.75) is 78.1 Å². The molecule has 0 spiro atoms. The number of aryl methyl sites for hydroxylation is 1. The molecule has 1 fully saturated rings. The number of unbranched alkanes of at least 4 members (excludes halogenated alkanes) is 1. The van der Waals surface area contributed by atoms with Gasteiger partial charge in [-0.2, -0.15) is 0 Å². The Balaban J connectivity index is 0.00000400. The number of anilines is 2. The second-order valence-electron chi connectivity index (χ2n) is 11.4. The van der Waals surface area contributed by atoms with Gasteiger partial charge in [0, 0.05) is 68.3 Å². The van der Waals surface area contributed by atoms with E-state index in [9.17, 15) is 9.59 Å². The van der Waals surface area contributed by atoms with Crippen LogP contribution < -0.4 is 9.80 Å². The van der Waals surface area contributed by atoms with Crippen molar-refractivity contribution >= 4 is 35.6 Å². The molecule has 1 saturated heterocycles. The topological polar surface area (TPSA) is 69.6 Å². The van der Waals surface area contributed by atoms with Gasteiger partial charge in [0.05, 0.1) is 5.69 Å². The van der Waals surface area contributed by atoms with Crippen LogP contribution in [0, 0.1) is 0 Å². The molecule has 1 aromatic carbocycles. The molecule has 0 unspecified atom stereocenters. The van der Waals surface area contributed by atoms with Crippen molar-refractivity contribution in [3.05, 3.63) is 47.4 Å². The first kappa shape index (κ1) is 30.0. The van der Waals surface area contributed by atoms with E-state index in [1.807, 2.05) is 29.2 Å². The van der Waals surface area contributed by atoms with Crippen LogP contribution in [0.2, 0.25) is 0 Å². The third-order valence-electron chi connectivity index (χ3n) is 7.34. The molecular weight excluding hydrogens is 498 g/mol. The number of nitrogens with zero attached hydrogens (tertiary/aromatic N) is 5. The monoisotopic (exact) mass is 541 g/mol. The Bertz CT molecular complexity index is 1090. The maximum absolute atomic E-state index is 13.0. The normalized spacial score (nSPS) is 16.6. The van der Waals surface area contributed by atoms with Gasteiger partial charge in [0.15, 0.2) is 5.78 Å². The van der Waals surface area contributed by atoms with E-state index in [0.717, 1.165) is 87.9 Å². The van der Waals surface area contributed by atoms with Gasteiger partial charge in [-0.15, -0.1) is 12.4 Å². The minimum absolute atomic E-state index is 0. The third kappa shape index (κ3) is 7.54. The number of carbonyl (C=O) groups excluding carboxylic acids is 2. The van der Waals surface area contributed by atoms with E-state index in [1.54, 1.807) is 0 Å². The number of benzene rings is 1. The fourth-order valence-electron chi connectivity index (χ4n) is 5.17. The molecule has 0 atom stereocenters. The smallest absolute Gasteiger partial charge is 0.226 e. The fourth-order valence-corrected chi connectivity index (χ4v) is 5.17. The number of para-hydroxylation sites is 1. The molecule has 0 aliphatic carbocycles. The Morgan fingerprint density at radius 3 is 2.45 bits per heavy atom. The quantitative estimate of drug-likeness (QED) is 0.414. The summed E-state index contributed by atoms with van der Waals surface area (Å²) in [5.74, 6) is 2.26.